The minimum absolute atomic E-state index is 0.0286. The normalized spacial score (nSPS) is 21.7. The molecule has 0 radical (unpaired) electrons. The molecule has 9 heteroatoms. The van der Waals surface area contributed by atoms with Gasteiger partial charge in [0.05, 0.1) is 18.9 Å². The van der Waals surface area contributed by atoms with E-state index >= 15 is 0 Å². The van der Waals surface area contributed by atoms with Crippen LogP contribution in [0.2, 0.25) is 0 Å². The number of H-pyrrole nitrogens is 1. The lowest BCUT2D eigenvalue weighted by molar-refractivity contribution is 0.122. The van der Waals surface area contributed by atoms with Crippen LogP contribution in [0.1, 0.15) is 35.5 Å². The first-order chi connectivity index (χ1) is 13.1. The first-order valence-electron chi connectivity index (χ1n) is 9.66. The second-order valence-electron chi connectivity index (χ2n) is 7.69. The summed E-state index contributed by atoms with van der Waals surface area (Å²) in [6.45, 7) is 6.79. The second kappa shape index (κ2) is 6.56. The van der Waals surface area contributed by atoms with Crippen molar-refractivity contribution in [1.82, 2.24) is 20.2 Å². The third-order valence-corrected chi connectivity index (χ3v) is 7.08. The zero-order valence-corrected chi connectivity index (χ0v) is 16.3. The van der Waals surface area contributed by atoms with E-state index in [0.717, 1.165) is 73.3 Å². The van der Waals surface area contributed by atoms with E-state index in [1.165, 1.54) is 0 Å². The van der Waals surface area contributed by atoms with Crippen LogP contribution >= 0.6 is 11.3 Å². The lowest BCUT2D eigenvalue weighted by atomic mass is 9.76. The van der Waals surface area contributed by atoms with Crippen LogP contribution in [-0.4, -0.2) is 59.6 Å². The second-order valence-corrected chi connectivity index (χ2v) is 8.85. The van der Waals surface area contributed by atoms with E-state index in [1.54, 1.807) is 11.3 Å². The zero-order valence-electron chi connectivity index (χ0n) is 15.5. The Morgan fingerprint density at radius 3 is 2.56 bits per heavy atom. The molecule has 0 unspecified atom stereocenters. The average Bonchev–Trinajstić information content (AvgIpc) is 3.28. The van der Waals surface area contributed by atoms with E-state index in [1.807, 2.05) is 6.92 Å². The third kappa shape index (κ3) is 2.93. The summed E-state index contributed by atoms with van der Waals surface area (Å²) in [5, 5.41) is 10.4. The van der Waals surface area contributed by atoms with Crippen molar-refractivity contribution in [3.05, 3.63) is 26.6 Å². The van der Waals surface area contributed by atoms with Gasteiger partial charge in [0.1, 0.15) is 5.01 Å². The molecule has 1 aliphatic carbocycles. The maximum absolute atomic E-state index is 12.7. The summed E-state index contributed by atoms with van der Waals surface area (Å²) in [7, 11) is 0. The van der Waals surface area contributed by atoms with Crippen LogP contribution in [-0.2, 0) is 16.6 Å². The van der Waals surface area contributed by atoms with Crippen LogP contribution in [0.15, 0.2) is 4.79 Å². The van der Waals surface area contributed by atoms with E-state index in [9.17, 15) is 4.79 Å². The molecular formula is C18H24N6O2S. The fourth-order valence-electron chi connectivity index (χ4n) is 4.59. The highest BCUT2D eigenvalue weighted by Gasteiger charge is 2.44. The Labute approximate surface area is 161 Å². The summed E-state index contributed by atoms with van der Waals surface area (Å²) in [6, 6.07) is 0. The van der Waals surface area contributed by atoms with Gasteiger partial charge in [-0.1, -0.05) is 11.3 Å². The maximum atomic E-state index is 12.7. The van der Waals surface area contributed by atoms with E-state index in [2.05, 4.69) is 25.0 Å². The van der Waals surface area contributed by atoms with Crippen molar-refractivity contribution in [3.63, 3.8) is 0 Å². The van der Waals surface area contributed by atoms with Gasteiger partial charge in [0.2, 0.25) is 11.1 Å². The van der Waals surface area contributed by atoms with Crippen molar-refractivity contribution in [1.29, 1.82) is 0 Å². The molecule has 1 spiro atoms. The molecule has 4 heterocycles. The Kier molecular flexibility index (Phi) is 4.16. The van der Waals surface area contributed by atoms with E-state index in [0.29, 0.717) is 19.2 Å². The van der Waals surface area contributed by atoms with Crippen LogP contribution in [0.3, 0.4) is 0 Å². The molecule has 2 aromatic heterocycles. The van der Waals surface area contributed by atoms with Gasteiger partial charge in [0.15, 0.2) is 0 Å². The van der Waals surface area contributed by atoms with Gasteiger partial charge < -0.3 is 14.5 Å². The Morgan fingerprint density at radius 1 is 1.07 bits per heavy atom. The molecule has 27 heavy (non-hydrogen) atoms. The van der Waals surface area contributed by atoms with Gasteiger partial charge in [-0.2, -0.15) is 0 Å². The number of aromatic amines is 1. The number of anilines is 2. The molecular weight excluding hydrogens is 364 g/mol. The van der Waals surface area contributed by atoms with Crippen molar-refractivity contribution in [2.45, 2.75) is 38.0 Å². The minimum Gasteiger partial charge on any atom is -0.378 e. The summed E-state index contributed by atoms with van der Waals surface area (Å²) in [6.07, 6.45) is 3.88. The Bertz CT molecular complexity index is 895. The molecule has 0 bridgehead atoms. The topological polar surface area (TPSA) is 87.2 Å². The molecule has 0 amide bonds. The Morgan fingerprint density at radius 2 is 1.85 bits per heavy atom. The van der Waals surface area contributed by atoms with Crippen LogP contribution in [0.25, 0.3) is 0 Å². The van der Waals surface area contributed by atoms with Crippen LogP contribution in [0, 0.1) is 6.92 Å². The van der Waals surface area contributed by atoms with E-state index in [-0.39, 0.29) is 11.0 Å². The fraction of sp³-hybridized carbons (Fsp3) is 0.667. The predicted molar refractivity (Wildman–Crippen MR) is 104 cm³/mol. The highest BCUT2D eigenvalue weighted by Crippen LogP contribution is 2.45. The number of fused-ring (bicyclic) bond motifs is 2. The van der Waals surface area contributed by atoms with Crippen molar-refractivity contribution >= 4 is 22.4 Å². The highest BCUT2D eigenvalue weighted by atomic mass is 32.1. The number of ether oxygens (including phenoxy) is 1. The monoisotopic (exact) mass is 388 g/mol. The zero-order chi connectivity index (χ0) is 18.4. The SMILES string of the molecule is Cc1nnc(N2CCC3(CCc4c3nc(N3CCOCC3)[nH]c4=O)CC2)s1. The number of hydrogen-bond acceptors (Lipinski definition) is 8. The summed E-state index contributed by atoms with van der Waals surface area (Å²) < 4.78 is 5.43. The molecule has 1 N–H and O–H groups in total. The fourth-order valence-corrected chi connectivity index (χ4v) is 5.33. The largest absolute Gasteiger partial charge is 0.378 e. The first-order valence-corrected chi connectivity index (χ1v) is 10.5. The molecule has 144 valence electrons. The molecule has 2 fully saturated rings. The summed E-state index contributed by atoms with van der Waals surface area (Å²) in [4.78, 5) is 25.2. The summed E-state index contributed by atoms with van der Waals surface area (Å²) >= 11 is 1.65. The molecule has 0 saturated carbocycles. The van der Waals surface area contributed by atoms with Crippen LogP contribution in [0.5, 0.6) is 0 Å². The molecule has 2 aromatic rings. The van der Waals surface area contributed by atoms with Crippen molar-refractivity contribution < 1.29 is 4.74 Å². The van der Waals surface area contributed by atoms with Gasteiger partial charge >= 0.3 is 0 Å². The van der Waals surface area contributed by atoms with E-state index in [4.69, 9.17) is 9.72 Å². The van der Waals surface area contributed by atoms with Crippen molar-refractivity contribution in [2.75, 3.05) is 49.2 Å². The van der Waals surface area contributed by atoms with Gasteiger partial charge in [-0.3, -0.25) is 9.78 Å². The maximum Gasteiger partial charge on any atom is 0.255 e. The minimum atomic E-state index is 0.0286. The lowest BCUT2D eigenvalue weighted by Crippen LogP contribution is -2.43. The van der Waals surface area contributed by atoms with Gasteiger partial charge in [0.25, 0.3) is 5.56 Å². The number of piperidine rings is 1. The van der Waals surface area contributed by atoms with Gasteiger partial charge in [-0.15, -0.1) is 10.2 Å². The number of aryl methyl sites for hydroxylation is 1. The standard InChI is InChI=1S/C18H24N6O2S/c1-12-21-22-17(27-12)24-6-4-18(5-7-24)3-2-13-14(18)19-16(20-15(13)25)23-8-10-26-11-9-23/h2-11H2,1H3,(H,19,20,25). The first kappa shape index (κ1) is 17.1. The van der Waals surface area contributed by atoms with Crippen molar-refractivity contribution in [3.8, 4) is 0 Å². The number of rotatable bonds is 2. The number of nitrogens with zero attached hydrogens (tertiary/aromatic N) is 5. The van der Waals surface area contributed by atoms with Crippen LogP contribution in [0.4, 0.5) is 11.1 Å². The number of nitrogens with one attached hydrogen (secondary N) is 1. The molecule has 2 saturated heterocycles. The molecule has 2 aliphatic heterocycles. The number of morpholine rings is 1. The van der Waals surface area contributed by atoms with Crippen molar-refractivity contribution in [2.24, 2.45) is 0 Å². The lowest BCUT2D eigenvalue weighted by Gasteiger charge is -2.39. The highest BCUT2D eigenvalue weighted by molar-refractivity contribution is 7.15. The van der Waals surface area contributed by atoms with Gasteiger partial charge in [-0.25, -0.2) is 4.98 Å². The van der Waals surface area contributed by atoms with Crippen LogP contribution < -0.4 is 15.4 Å². The molecule has 3 aliphatic rings. The molecule has 0 atom stereocenters. The van der Waals surface area contributed by atoms with Gasteiger partial charge in [0, 0.05) is 37.2 Å². The predicted octanol–water partition coefficient (Wildman–Crippen LogP) is 1.25. The molecule has 0 aromatic carbocycles. The Balaban J connectivity index is 1.42. The average molecular weight is 388 g/mol. The number of hydrogen-bond donors (Lipinski definition) is 1. The van der Waals surface area contributed by atoms with E-state index < -0.39 is 0 Å². The number of aromatic nitrogens is 4. The summed E-state index contributed by atoms with van der Waals surface area (Å²) in [5.41, 5.74) is 2.01. The smallest absolute Gasteiger partial charge is 0.255 e. The molecule has 8 nitrogen and oxygen atoms in total. The summed E-state index contributed by atoms with van der Waals surface area (Å²) in [5.74, 6) is 0.713. The Hall–Kier alpha value is -2.00. The van der Waals surface area contributed by atoms with Gasteiger partial charge in [-0.05, 0) is 32.6 Å². The molecule has 5 rings (SSSR count). The quantitative estimate of drug-likeness (QED) is 0.828. The third-order valence-electron chi connectivity index (χ3n) is 6.18.